The van der Waals surface area contributed by atoms with Gasteiger partial charge in [-0.05, 0) is 29.9 Å². The maximum atomic E-state index is 11.4. The molecule has 1 amide bonds. The van der Waals surface area contributed by atoms with Gasteiger partial charge in [0, 0.05) is 6.42 Å². The zero-order valence-electron chi connectivity index (χ0n) is 9.72. The van der Waals surface area contributed by atoms with Crippen LogP contribution in [0.3, 0.4) is 0 Å². The van der Waals surface area contributed by atoms with Crippen LogP contribution >= 0.6 is 12.2 Å². The number of nitrogens with one attached hydrogen (secondary N) is 1. The SMILES string of the molecule is C=CCOc1ccc(CC2OC(=S)NC2=O)cc1. The quantitative estimate of drug-likeness (QED) is 0.647. The summed E-state index contributed by atoms with van der Waals surface area (Å²) >= 11 is 4.77. The summed E-state index contributed by atoms with van der Waals surface area (Å²) in [5.41, 5.74) is 0.991. The molecule has 1 unspecified atom stereocenters. The number of thiocarbonyl (C=S) groups is 1. The minimum absolute atomic E-state index is 0.149. The molecule has 0 aliphatic carbocycles. The summed E-state index contributed by atoms with van der Waals surface area (Å²) in [4.78, 5) is 11.4. The molecule has 1 heterocycles. The van der Waals surface area contributed by atoms with E-state index in [1.807, 2.05) is 24.3 Å². The van der Waals surface area contributed by atoms with Crippen LogP contribution in [0.1, 0.15) is 5.56 Å². The van der Waals surface area contributed by atoms with Gasteiger partial charge in [-0.25, -0.2) is 0 Å². The third kappa shape index (κ3) is 3.07. The van der Waals surface area contributed by atoms with Crippen LogP contribution in [-0.4, -0.2) is 23.8 Å². The normalized spacial score (nSPS) is 18.1. The van der Waals surface area contributed by atoms with Crippen LogP contribution in [0.25, 0.3) is 0 Å². The highest BCUT2D eigenvalue weighted by atomic mass is 32.1. The highest BCUT2D eigenvalue weighted by Crippen LogP contribution is 2.15. The Hall–Kier alpha value is -1.88. The molecule has 0 bridgehead atoms. The Morgan fingerprint density at radius 3 is 2.72 bits per heavy atom. The second kappa shape index (κ2) is 5.64. The fourth-order valence-corrected chi connectivity index (χ4v) is 1.84. The maximum absolute atomic E-state index is 11.4. The molecule has 1 atom stereocenters. The molecular formula is C13H13NO3S. The molecule has 1 N–H and O–H groups in total. The molecule has 18 heavy (non-hydrogen) atoms. The van der Waals surface area contributed by atoms with E-state index in [-0.39, 0.29) is 11.1 Å². The number of benzene rings is 1. The van der Waals surface area contributed by atoms with Gasteiger partial charge in [0.25, 0.3) is 11.1 Å². The van der Waals surface area contributed by atoms with E-state index >= 15 is 0 Å². The minimum atomic E-state index is -0.530. The zero-order valence-corrected chi connectivity index (χ0v) is 10.5. The van der Waals surface area contributed by atoms with E-state index in [4.69, 9.17) is 21.7 Å². The summed E-state index contributed by atoms with van der Waals surface area (Å²) in [6.45, 7) is 4.05. The number of ether oxygens (including phenoxy) is 2. The van der Waals surface area contributed by atoms with Crippen molar-refractivity contribution in [2.24, 2.45) is 0 Å². The van der Waals surface area contributed by atoms with Gasteiger partial charge in [-0.1, -0.05) is 24.8 Å². The predicted molar refractivity (Wildman–Crippen MR) is 71.5 cm³/mol. The van der Waals surface area contributed by atoms with Crippen molar-refractivity contribution in [1.29, 1.82) is 0 Å². The molecule has 94 valence electrons. The van der Waals surface area contributed by atoms with Gasteiger partial charge in [0.05, 0.1) is 0 Å². The van der Waals surface area contributed by atoms with Crippen LogP contribution in [0.5, 0.6) is 5.75 Å². The summed E-state index contributed by atoms with van der Waals surface area (Å²) in [5, 5.41) is 2.61. The standard InChI is InChI=1S/C13H13NO3S/c1-2-7-16-10-5-3-9(4-6-10)8-11-12(15)14-13(18)17-11/h2-6,11H,1,7-8H2,(H,14,15,18). The molecule has 0 saturated carbocycles. The van der Waals surface area contributed by atoms with Gasteiger partial charge in [0.2, 0.25) is 0 Å². The molecular weight excluding hydrogens is 250 g/mol. The number of amides is 1. The third-order valence-electron chi connectivity index (χ3n) is 2.48. The molecule has 2 rings (SSSR count). The maximum Gasteiger partial charge on any atom is 0.268 e. The van der Waals surface area contributed by atoms with Crippen molar-refractivity contribution in [1.82, 2.24) is 5.32 Å². The van der Waals surface area contributed by atoms with E-state index in [0.717, 1.165) is 11.3 Å². The number of hydrogen-bond donors (Lipinski definition) is 1. The van der Waals surface area contributed by atoms with Crippen LogP contribution in [0.15, 0.2) is 36.9 Å². The van der Waals surface area contributed by atoms with Crippen molar-refractivity contribution in [3.8, 4) is 5.75 Å². The Kier molecular flexibility index (Phi) is 3.94. The average Bonchev–Trinajstić information content (AvgIpc) is 2.67. The van der Waals surface area contributed by atoms with E-state index in [2.05, 4.69) is 11.9 Å². The van der Waals surface area contributed by atoms with E-state index in [0.29, 0.717) is 13.0 Å². The van der Waals surface area contributed by atoms with Gasteiger partial charge in [0.15, 0.2) is 6.10 Å². The fraction of sp³-hybridized carbons (Fsp3) is 0.231. The summed E-state index contributed by atoms with van der Waals surface area (Å²) in [6, 6.07) is 7.50. The molecule has 0 spiro atoms. The van der Waals surface area contributed by atoms with Crippen molar-refractivity contribution in [2.45, 2.75) is 12.5 Å². The molecule has 0 radical (unpaired) electrons. The Morgan fingerprint density at radius 1 is 1.44 bits per heavy atom. The number of carbonyl (C=O) groups is 1. The van der Waals surface area contributed by atoms with Gasteiger partial charge < -0.3 is 9.47 Å². The fourth-order valence-electron chi connectivity index (χ4n) is 1.62. The van der Waals surface area contributed by atoms with E-state index in [9.17, 15) is 4.79 Å². The van der Waals surface area contributed by atoms with Crippen molar-refractivity contribution in [2.75, 3.05) is 6.61 Å². The average molecular weight is 263 g/mol. The van der Waals surface area contributed by atoms with Gasteiger partial charge in [-0.15, -0.1) is 0 Å². The predicted octanol–water partition coefficient (Wildman–Crippen LogP) is 1.59. The topological polar surface area (TPSA) is 47.6 Å². The van der Waals surface area contributed by atoms with Gasteiger partial charge in [-0.3, -0.25) is 10.1 Å². The highest BCUT2D eigenvalue weighted by molar-refractivity contribution is 7.80. The first-order valence-electron chi connectivity index (χ1n) is 5.53. The number of hydrogen-bond acceptors (Lipinski definition) is 4. The minimum Gasteiger partial charge on any atom is -0.490 e. The Balaban J connectivity index is 1.95. The van der Waals surface area contributed by atoms with E-state index in [1.54, 1.807) is 6.08 Å². The van der Waals surface area contributed by atoms with Crippen molar-refractivity contribution in [3.05, 3.63) is 42.5 Å². The lowest BCUT2D eigenvalue weighted by Crippen LogP contribution is -2.25. The molecule has 1 fully saturated rings. The van der Waals surface area contributed by atoms with Crippen LogP contribution in [0.4, 0.5) is 0 Å². The number of carbonyl (C=O) groups excluding carboxylic acids is 1. The monoisotopic (exact) mass is 263 g/mol. The largest absolute Gasteiger partial charge is 0.490 e. The molecule has 1 aliphatic rings. The van der Waals surface area contributed by atoms with Crippen LogP contribution in [0.2, 0.25) is 0 Å². The van der Waals surface area contributed by atoms with Crippen molar-refractivity contribution < 1.29 is 14.3 Å². The Bertz CT molecular complexity index is 470. The van der Waals surface area contributed by atoms with Crippen molar-refractivity contribution in [3.63, 3.8) is 0 Å². The van der Waals surface area contributed by atoms with Crippen LogP contribution < -0.4 is 10.1 Å². The second-order valence-electron chi connectivity index (χ2n) is 3.83. The van der Waals surface area contributed by atoms with E-state index in [1.165, 1.54) is 0 Å². The Labute approximate surface area is 111 Å². The zero-order chi connectivity index (χ0) is 13.0. The van der Waals surface area contributed by atoms with Crippen LogP contribution in [-0.2, 0) is 16.0 Å². The summed E-state index contributed by atoms with van der Waals surface area (Å²) < 4.78 is 10.6. The first-order chi connectivity index (χ1) is 8.69. The van der Waals surface area contributed by atoms with Crippen molar-refractivity contribution >= 4 is 23.3 Å². The lowest BCUT2D eigenvalue weighted by atomic mass is 10.1. The van der Waals surface area contributed by atoms with Crippen LogP contribution in [0, 0.1) is 0 Å². The second-order valence-corrected chi connectivity index (χ2v) is 4.20. The first-order valence-corrected chi connectivity index (χ1v) is 5.94. The molecule has 0 aromatic heterocycles. The summed E-state index contributed by atoms with van der Waals surface area (Å²) in [7, 11) is 0. The number of rotatable bonds is 5. The molecule has 1 saturated heterocycles. The molecule has 1 aromatic carbocycles. The van der Waals surface area contributed by atoms with Gasteiger partial charge >= 0.3 is 0 Å². The third-order valence-corrected chi connectivity index (χ3v) is 2.68. The van der Waals surface area contributed by atoms with Gasteiger partial charge in [0.1, 0.15) is 12.4 Å². The van der Waals surface area contributed by atoms with Gasteiger partial charge in [-0.2, -0.15) is 0 Å². The molecule has 1 aliphatic heterocycles. The summed E-state index contributed by atoms with van der Waals surface area (Å²) in [6.07, 6.45) is 1.65. The lowest BCUT2D eigenvalue weighted by Gasteiger charge is -2.08. The molecule has 5 heteroatoms. The smallest absolute Gasteiger partial charge is 0.268 e. The van der Waals surface area contributed by atoms with E-state index < -0.39 is 6.10 Å². The first kappa shape index (κ1) is 12.6. The summed E-state index contributed by atoms with van der Waals surface area (Å²) in [5.74, 6) is 0.581. The molecule has 1 aromatic rings. The highest BCUT2D eigenvalue weighted by Gasteiger charge is 2.29. The molecule has 4 nitrogen and oxygen atoms in total. The lowest BCUT2D eigenvalue weighted by molar-refractivity contribution is -0.123. The Morgan fingerprint density at radius 2 is 2.17 bits per heavy atom.